The fourth-order valence-corrected chi connectivity index (χ4v) is 3.34. The molecule has 6 heteroatoms. The Morgan fingerprint density at radius 1 is 0.821 bits per heavy atom. The third-order valence-corrected chi connectivity index (χ3v) is 4.51. The molecule has 0 bridgehead atoms. The van der Waals surface area contributed by atoms with Gasteiger partial charge in [-0.05, 0) is 40.2 Å². The lowest BCUT2D eigenvalue weighted by atomic mass is 9.89. The van der Waals surface area contributed by atoms with Crippen molar-refractivity contribution >= 4 is 0 Å². The maximum Gasteiger partial charge on any atom is 0.288 e. The zero-order valence-corrected chi connectivity index (χ0v) is 17.7. The highest BCUT2D eigenvalue weighted by molar-refractivity contribution is 5.25. The fraction of sp³-hybridized carbons (Fsp3) is 0.727. The Balaban J connectivity index is 3.16. The molecule has 1 rings (SSSR count). The van der Waals surface area contributed by atoms with Crippen LogP contribution >= 0.6 is 0 Å². The van der Waals surface area contributed by atoms with Gasteiger partial charge in [-0.15, -0.1) is 0 Å². The Hall–Kier alpha value is -1.11. The van der Waals surface area contributed by atoms with Gasteiger partial charge in [0.05, 0.1) is 18.1 Å². The molecule has 0 saturated carbocycles. The van der Waals surface area contributed by atoms with Gasteiger partial charge in [-0.1, -0.05) is 45.4 Å². The average Bonchev–Trinajstić information content (AvgIpc) is 2.56. The van der Waals surface area contributed by atoms with Crippen LogP contribution < -0.4 is 0 Å². The molecule has 162 valence electrons. The van der Waals surface area contributed by atoms with E-state index in [1.165, 1.54) is 0 Å². The summed E-state index contributed by atoms with van der Waals surface area (Å²) >= 11 is 0. The van der Waals surface area contributed by atoms with E-state index in [-0.39, 0.29) is 5.56 Å². The Bertz CT molecular complexity index is 581. The van der Waals surface area contributed by atoms with E-state index in [2.05, 4.69) is 6.92 Å². The van der Waals surface area contributed by atoms with E-state index in [1.54, 1.807) is 27.7 Å². The van der Waals surface area contributed by atoms with E-state index in [4.69, 9.17) is 9.47 Å². The Kier molecular flexibility index (Phi) is 10.5. The predicted octanol–water partition coefficient (Wildman–Crippen LogP) is 6.43. The van der Waals surface area contributed by atoms with E-state index in [1.807, 2.05) is 0 Å². The lowest BCUT2D eigenvalue weighted by molar-refractivity contribution is -0.394. The third-order valence-electron chi connectivity index (χ3n) is 4.51. The average molecular weight is 405 g/mol. The highest BCUT2D eigenvalue weighted by Crippen LogP contribution is 2.39. The van der Waals surface area contributed by atoms with Crippen LogP contribution in [0.2, 0.25) is 0 Å². The van der Waals surface area contributed by atoms with Crippen molar-refractivity contribution in [2.45, 2.75) is 104 Å². The molecule has 1 aromatic carbocycles. The van der Waals surface area contributed by atoms with Crippen molar-refractivity contribution in [3.63, 3.8) is 0 Å². The summed E-state index contributed by atoms with van der Waals surface area (Å²) in [5.41, 5.74) is -0.142. The monoisotopic (exact) mass is 404 g/mol. The number of unbranched alkanes of at least 4 members (excludes halogenated alkanes) is 5. The molecule has 1 atom stereocenters. The molecule has 28 heavy (non-hydrogen) atoms. The molecule has 1 aromatic rings. The van der Waals surface area contributed by atoms with Gasteiger partial charge in [0.1, 0.15) is 5.82 Å². The summed E-state index contributed by atoms with van der Waals surface area (Å²) < 4.78 is 53.1. The Labute approximate surface area is 167 Å². The quantitative estimate of drug-likeness (QED) is 0.234. The van der Waals surface area contributed by atoms with Crippen LogP contribution in [-0.2, 0) is 9.47 Å². The molecule has 0 spiro atoms. The summed E-state index contributed by atoms with van der Waals surface area (Å²) in [6, 6.07) is 1.30. The first-order valence-electron chi connectivity index (χ1n) is 10.3. The SMILES string of the molecule is CCCCCCCCC(c1cc(F)c(F)cc1F)C(O)(OC(C)C)OC(C)C. The standard InChI is InChI=1S/C22H35F3O3/c1-6-7-8-9-10-11-12-18(17-13-20(24)21(25)14-19(17)23)22(26,27-15(2)3)28-16(4)5/h13-16,18,26H,6-12H2,1-5H3. The first kappa shape index (κ1) is 24.9. The van der Waals surface area contributed by atoms with Gasteiger partial charge in [0.15, 0.2) is 11.6 Å². The molecule has 0 aromatic heterocycles. The topological polar surface area (TPSA) is 38.7 Å². The van der Waals surface area contributed by atoms with Crippen molar-refractivity contribution in [3.8, 4) is 0 Å². The van der Waals surface area contributed by atoms with Gasteiger partial charge in [0.25, 0.3) is 5.97 Å². The summed E-state index contributed by atoms with van der Waals surface area (Å²) in [6.45, 7) is 9.01. The first-order chi connectivity index (χ1) is 13.1. The number of hydrogen-bond acceptors (Lipinski definition) is 3. The van der Waals surface area contributed by atoms with Crippen LogP contribution in [0.1, 0.15) is 91.0 Å². The lowest BCUT2D eigenvalue weighted by Crippen LogP contribution is -2.46. The minimum absolute atomic E-state index is 0.142. The van der Waals surface area contributed by atoms with Crippen molar-refractivity contribution in [2.75, 3.05) is 0 Å². The van der Waals surface area contributed by atoms with Crippen LogP contribution in [0.5, 0.6) is 0 Å². The second kappa shape index (κ2) is 11.8. The molecule has 0 radical (unpaired) electrons. The van der Waals surface area contributed by atoms with Crippen molar-refractivity contribution in [3.05, 3.63) is 35.1 Å². The minimum atomic E-state index is -2.14. The van der Waals surface area contributed by atoms with E-state index in [0.29, 0.717) is 18.9 Å². The van der Waals surface area contributed by atoms with E-state index >= 15 is 0 Å². The van der Waals surface area contributed by atoms with Crippen LogP contribution in [0, 0.1) is 17.5 Å². The summed E-state index contributed by atoms with van der Waals surface area (Å²) in [5.74, 6) is -6.48. The first-order valence-corrected chi connectivity index (χ1v) is 10.3. The van der Waals surface area contributed by atoms with Gasteiger partial charge < -0.3 is 14.6 Å². The van der Waals surface area contributed by atoms with Gasteiger partial charge in [-0.2, -0.15) is 0 Å². The van der Waals surface area contributed by atoms with Crippen molar-refractivity contribution in [1.82, 2.24) is 0 Å². The lowest BCUT2D eigenvalue weighted by Gasteiger charge is -2.38. The predicted molar refractivity (Wildman–Crippen MR) is 104 cm³/mol. The summed E-state index contributed by atoms with van der Waals surface area (Å²) in [6.07, 6.45) is 5.48. The zero-order valence-electron chi connectivity index (χ0n) is 17.7. The van der Waals surface area contributed by atoms with Gasteiger partial charge in [0, 0.05) is 11.6 Å². The largest absolute Gasteiger partial charge is 0.343 e. The molecule has 0 aliphatic rings. The maximum absolute atomic E-state index is 14.5. The van der Waals surface area contributed by atoms with Crippen LogP contribution in [0.15, 0.2) is 12.1 Å². The number of benzene rings is 1. The summed E-state index contributed by atoms with van der Waals surface area (Å²) in [7, 11) is 0. The van der Waals surface area contributed by atoms with Crippen molar-refractivity contribution in [1.29, 1.82) is 0 Å². The van der Waals surface area contributed by atoms with Gasteiger partial charge in [-0.25, -0.2) is 13.2 Å². The molecular weight excluding hydrogens is 369 g/mol. The Morgan fingerprint density at radius 3 is 1.86 bits per heavy atom. The highest BCUT2D eigenvalue weighted by Gasteiger charge is 2.43. The number of hydrogen-bond donors (Lipinski definition) is 1. The van der Waals surface area contributed by atoms with Crippen molar-refractivity contribution < 1.29 is 27.8 Å². The van der Waals surface area contributed by atoms with Crippen LogP contribution in [0.3, 0.4) is 0 Å². The summed E-state index contributed by atoms with van der Waals surface area (Å²) in [4.78, 5) is 0. The molecule has 1 N–H and O–H groups in total. The number of halogens is 3. The number of ether oxygens (including phenoxy) is 2. The summed E-state index contributed by atoms with van der Waals surface area (Å²) in [5, 5.41) is 11.2. The highest BCUT2D eigenvalue weighted by atomic mass is 19.2. The molecule has 0 fully saturated rings. The molecular formula is C22H35F3O3. The molecule has 0 aliphatic heterocycles. The Morgan fingerprint density at radius 2 is 1.32 bits per heavy atom. The molecule has 0 heterocycles. The van der Waals surface area contributed by atoms with Gasteiger partial charge in [0.2, 0.25) is 0 Å². The van der Waals surface area contributed by atoms with Gasteiger partial charge in [-0.3, -0.25) is 0 Å². The van der Waals surface area contributed by atoms with E-state index in [0.717, 1.165) is 38.2 Å². The molecule has 0 saturated heterocycles. The van der Waals surface area contributed by atoms with E-state index < -0.39 is 41.6 Å². The molecule has 0 amide bonds. The second-order valence-corrected chi connectivity index (χ2v) is 7.86. The number of rotatable bonds is 13. The van der Waals surface area contributed by atoms with Gasteiger partial charge >= 0.3 is 0 Å². The van der Waals surface area contributed by atoms with Crippen LogP contribution in [0.4, 0.5) is 13.2 Å². The molecule has 3 nitrogen and oxygen atoms in total. The van der Waals surface area contributed by atoms with Crippen molar-refractivity contribution in [2.24, 2.45) is 0 Å². The normalized spacial score (nSPS) is 13.5. The fourth-order valence-electron chi connectivity index (χ4n) is 3.34. The minimum Gasteiger partial charge on any atom is -0.343 e. The smallest absolute Gasteiger partial charge is 0.288 e. The zero-order chi connectivity index (χ0) is 21.3. The van der Waals surface area contributed by atoms with Crippen LogP contribution in [0.25, 0.3) is 0 Å². The number of aliphatic hydroxyl groups is 1. The van der Waals surface area contributed by atoms with E-state index in [9.17, 15) is 18.3 Å². The second-order valence-electron chi connectivity index (χ2n) is 7.86. The maximum atomic E-state index is 14.5. The molecule has 1 unspecified atom stereocenters. The van der Waals surface area contributed by atoms with Crippen LogP contribution in [-0.4, -0.2) is 23.3 Å². The molecule has 0 aliphatic carbocycles. The third kappa shape index (κ3) is 7.72.